The van der Waals surface area contributed by atoms with Crippen LogP contribution in [0.5, 0.6) is 11.5 Å². The van der Waals surface area contributed by atoms with Crippen molar-refractivity contribution in [2.24, 2.45) is 0 Å². The van der Waals surface area contributed by atoms with Gasteiger partial charge in [0, 0.05) is 17.8 Å². The van der Waals surface area contributed by atoms with Crippen molar-refractivity contribution in [3.63, 3.8) is 0 Å². The summed E-state index contributed by atoms with van der Waals surface area (Å²) in [5.74, 6) is -0.115. The fraction of sp³-hybridized carbons (Fsp3) is 0.0476. The molecule has 0 amide bonds. The van der Waals surface area contributed by atoms with E-state index in [1.807, 2.05) is 36.4 Å². The number of benzene rings is 2. The van der Waals surface area contributed by atoms with Crippen molar-refractivity contribution < 1.29 is 10.2 Å². The number of anilines is 1. The summed E-state index contributed by atoms with van der Waals surface area (Å²) in [5, 5.41) is 28.7. The molecule has 4 rings (SSSR count). The molecule has 7 heteroatoms. The number of hydrogen-bond donors (Lipinski definition) is 3. The van der Waals surface area contributed by atoms with E-state index in [0.717, 1.165) is 5.69 Å². The molecule has 2 heterocycles. The molecule has 4 aromatic rings. The van der Waals surface area contributed by atoms with E-state index in [-0.39, 0.29) is 11.5 Å². The molecule has 2 aromatic carbocycles. The van der Waals surface area contributed by atoms with Gasteiger partial charge in [-0.15, -0.1) is 0 Å². The molecule has 2 aromatic heterocycles. The van der Waals surface area contributed by atoms with E-state index < -0.39 is 0 Å². The van der Waals surface area contributed by atoms with Gasteiger partial charge < -0.3 is 15.5 Å². The van der Waals surface area contributed by atoms with Crippen molar-refractivity contribution >= 4 is 17.3 Å². The molecule has 3 N–H and O–H groups in total. The highest BCUT2D eigenvalue weighted by Gasteiger charge is 2.16. The van der Waals surface area contributed by atoms with E-state index in [9.17, 15) is 10.2 Å². The molecule has 0 aliphatic heterocycles. The Kier molecular flexibility index (Phi) is 4.87. The predicted octanol–water partition coefficient (Wildman–Crippen LogP) is 4.61. The number of para-hydroxylation sites is 1. The zero-order valence-corrected chi connectivity index (χ0v) is 15.5. The SMILES string of the molecule is Oc1cc(O)c(-c2ccnn2-c2ccccc2Cl)cc1NCc1ccccn1. The standard InChI is InChI=1S/C21H17ClN4O2/c22-16-6-1-2-7-19(16)26-18(8-10-25-26)15-11-17(21(28)12-20(15)27)24-13-14-5-3-4-9-23-14/h1-12,24,27-28H,13H2. The molecule has 140 valence electrons. The van der Waals surface area contributed by atoms with E-state index in [1.54, 1.807) is 35.3 Å². The monoisotopic (exact) mass is 392 g/mol. The lowest BCUT2D eigenvalue weighted by Crippen LogP contribution is -2.03. The fourth-order valence-corrected chi connectivity index (χ4v) is 3.15. The topological polar surface area (TPSA) is 83.2 Å². The zero-order valence-electron chi connectivity index (χ0n) is 14.7. The third kappa shape index (κ3) is 3.50. The minimum absolute atomic E-state index is 0.0546. The molecule has 6 nitrogen and oxygen atoms in total. The first kappa shape index (κ1) is 17.9. The van der Waals surface area contributed by atoms with Gasteiger partial charge in [0.25, 0.3) is 0 Å². The first-order valence-corrected chi connectivity index (χ1v) is 9.00. The summed E-state index contributed by atoms with van der Waals surface area (Å²) in [6, 6.07) is 17.7. The molecule has 0 aliphatic carbocycles. The normalized spacial score (nSPS) is 10.8. The number of phenolic OH excluding ortho intramolecular Hbond substituents is 2. The molecule has 0 fully saturated rings. The van der Waals surface area contributed by atoms with E-state index >= 15 is 0 Å². The number of hydrogen-bond acceptors (Lipinski definition) is 5. The number of nitrogens with zero attached hydrogens (tertiary/aromatic N) is 3. The summed E-state index contributed by atoms with van der Waals surface area (Å²) in [7, 11) is 0. The third-order valence-electron chi connectivity index (χ3n) is 4.30. The highest BCUT2D eigenvalue weighted by atomic mass is 35.5. The molecular weight excluding hydrogens is 376 g/mol. The van der Waals surface area contributed by atoms with Crippen LogP contribution in [-0.2, 0) is 6.54 Å². The van der Waals surface area contributed by atoms with Crippen molar-refractivity contribution in [1.82, 2.24) is 14.8 Å². The molecule has 0 atom stereocenters. The van der Waals surface area contributed by atoms with Crippen LogP contribution in [0.2, 0.25) is 5.02 Å². The fourth-order valence-electron chi connectivity index (χ4n) is 2.94. The average Bonchev–Trinajstić information content (AvgIpc) is 3.18. The van der Waals surface area contributed by atoms with E-state index in [2.05, 4.69) is 15.4 Å². The van der Waals surface area contributed by atoms with Gasteiger partial charge in [0.2, 0.25) is 0 Å². The van der Waals surface area contributed by atoms with E-state index in [4.69, 9.17) is 11.6 Å². The van der Waals surface area contributed by atoms with Crippen molar-refractivity contribution in [2.75, 3.05) is 5.32 Å². The Hall–Kier alpha value is -3.51. The molecule has 0 unspecified atom stereocenters. The van der Waals surface area contributed by atoms with Gasteiger partial charge in [-0.1, -0.05) is 29.8 Å². The van der Waals surface area contributed by atoms with Crippen LogP contribution in [-0.4, -0.2) is 25.0 Å². The predicted molar refractivity (Wildman–Crippen MR) is 109 cm³/mol. The number of rotatable bonds is 5. The van der Waals surface area contributed by atoms with Gasteiger partial charge in [0.05, 0.1) is 40.5 Å². The van der Waals surface area contributed by atoms with Gasteiger partial charge >= 0.3 is 0 Å². The number of phenols is 2. The van der Waals surface area contributed by atoms with Crippen LogP contribution in [0, 0.1) is 0 Å². The number of aromatic hydroxyl groups is 2. The van der Waals surface area contributed by atoms with Crippen LogP contribution in [0.3, 0.4) is 0 Å². The Bertz CT molecular complexity index is 1110. The summed E-state index contributed by atoms with van der Waals surface area (Å²) in [6.45, 7) is 0.433. The highest BCUT2D eigenvalue weighted by molar-refractivity contribution is 6.32. The third-order valence-corrected chi connectivity index (χ3v) is 4.62. The minimum Gasteiger partial charge on any atom is -0.507 e. The van der Waals surface area contributed by atoms with Gasteiger partial charge in [-0.2, -0.15) is 5.10 Å². The Morgan fingerprint density at radius 2 is 1.75 bits per heavy atom. The smallest absolute Gasteiger partial charge is 0.142 e. The number of nitrogens with one attached hydrogen (secondary N) is 1. The molecule has 0 bridgehead atoms. The summed E-state index contributed by atoms with van der Waals surface area (Å²) >= 11 is 6.31. The summed E-state index contributed by atoms with van der Waals surface area (Å²) in [4.78, 5) is 4.25. The number of halogens is 1. The van der Waals surface area contributed by atoms with Gasteiger partial charge in [0.1, 0.15) is 11.5 Å². The van der Waals surface area contributed by atoms with Gasteiger partial charge in [0.15, 0.2) is 0 Å². The molecule has 0 radical (unpaired) electrons. The second-order valence-electron chi connectivity index (χ2n) is 6.14. The quantitative estimate of drug-likeness (QED) is 0.341. The first-order chi connectivity index (χ1) is 13.6. The van der Waals surface area contributed by atoms with Crippen molar-refractivity contribution in [1.29, 1.82) is 0 Å². The van der Waals surface area contributed by atoms with Crippen LogP contribution < -0.4 is 5.32 Å². The minimum atomic E-state index is -0.0605. The highest BCUT2D eigenvalue weighted by Crippen LogP contribution is 2.39. The maximum atomic E-state index is 10.4. The lowest BCUT2D eigenvalue weighted by atomic mass is 10.1. The molecule has 0 saturated heterocycles. The molecule has 28 heavy (non-hydrogen) atoms. The molecular formula is C21H17ClN4O2. The maximum Gasteiger partial charge on any atom is 0.142 e. The molecule has 0 aliphatic rings. The zero-order chi connectivity index (χ0) is 19.5. The van der Waals surface area contributed by atoms with Gasteiger partial charge in [-0.25, -0.2) is 4.68 Å². The van der Waals surface area contributed by atoms with E-state index in [1.165, 1.54) is 6.07 Å². The van der Waals surface area contributed by atoms with Crippen LogP contribution in [0.4, 0.5) is 5.69 Å². The average molecular weight is 393 g/mol. The first-order valence-electron chi connectivity index (χ1n) is 8.62. The van der Waals surface area contributed by atoms with Crippen LogP contribution in [0.15, 0.2) is 73.1 Å². The lowest BCUT2D eigenvalue weighted by molar-refractivity contribution is 0.453. The van der Waals surface area contributed by atoms with Gasteiger partial charge in [-0.3, -0.25) is 4.98 Å². The largest absolute Gasteiger partial charge is 0.507 e. The summed E-state index contributed by atoms with van der Waals surface area (Å²) < 4.78 is 1.65. The number of aromatic nitrogens is 3. The van der Waals surface area contributed by atoms with Crippen molar-refractivity contribution in [3.8, 4) is 28.4 Å². The van der Waals surface area contributed by atoms with Crippen LogP contribution in [0.25, 0.3) is 16.9 Å². The summed E-state index contributed by atoms with van der Waals surface area (Å²) in [5.41, 5.74) is 3.16. The Balaban J connectivity index is 1.71. The second kappa shape index (κ2) is 7.62. The Labute approximate surface area is 166 Å². The summed E-state index contributed by atoms with van der Waals surface area (Å²) in [6.07, 6.45) is 3.34. The molecule has 0 saturated carbocycles. The Morgan fingerprint density at radius 1 is 0.929 bits per heavy atom. The maximum absolute atomic E-state index is 10.4. The van der Waals surface area contributed by atoms with Crippen LogP contribution in [0.1, 0.15) is 5.69 Å². The van der Waals surface area contributed by atoms with Crippen molar-refractivity contribution in [3.05, 3.63) is 83.8 Å². The Morgan fingerprint density at radius 3 is 2.54 bits per heavy atom. The van der Waals surface area contributed by atoms with Crippen molar-refractivity contribution in [2.45, 2.75) is 6.54 Å². The van der Waals surface area contributed by atoms with Gasteiger partial charge in [-0.05, 0) is 36.4 Å². The second-order valence-corrected chi connectivity index (χ2v) is 6.55. The molecule has 0 spiro atoms. The lowest BCUT2D eigenvalue weighted by Gasteiger charge is -2.14. The van der Waals surface area contributed by atoms with E-state index in [0.29, 0.717) is 34.2 Å². The number of pyridine rings is 1. The van der Waals surface area contributed by atoms with Crippen LogP contribution >= 0.6 is 11.6 Å².